The zero-order valence-electron chi connectivity index (χ0n) is 10.4. The average Bonchev–Trinajstić information content (AvgIpc) is 2.39. The van der Waals surface area contributed by atoms with Gasteiger partial charge >= 0.3 is 0 Å². The van der Waals surface area contributed by atoms with Crippen LogP contribution >= 0.6 is 15.9 Å². The zero-order valence-corrected chi connectivity index (χ0v) is 12.0. The molecule has 0 radical (unpaired) electrons. The molecule has 2 rings (SSSR count). The number of pyridine rings is 1. The summed E-state index contributed by atoms with van der Waals surface area (Å²) in [6, 6.07) is 10.9. The van der Waals surface area contributed by atoms with Crippen molar-refractivity contribution in [2.75, 3.05) is 5.73 Å². The second kappa shape index (κ2) is 5.84. The summed E-state index contributed by atoms with van der Waals surface area (Å²) in [7, 11) is 0. The molecule has 1 aromatic heterocycles. The summed E-state index contributed by atoms with van der Waals surface area (Å²) in [5, 5.41) is 2.90. The van der Waals surface area contributed by atoms with E-state index in [2.05, 4.69) is 26.2 Å². The van der Waals surface area contributed by atoms with Crippen molar-refractivity contribution >= 4 is 27.5 Å². The smallest absolute Gasteiger partial charge is 0.270 e. The van der Waals surface area contributed by atoms with Crippen LogP contribution in [0.1, 0.15) is 29.0 Å². The van der Waals surface area contributed by atoms with Crippen molar-refractivity contribution in [3.05, 3.63) is 58.3 Å². The Morgan fingerprint density at radius 1 is 1.32 bits per heavy atom. The highest BCUT2D eigenvalue weighted by molar-refractivity contribution is 9.10. The Bertz CT molecular complexity index is 583. The van der Waals surface area contributed by atoms with Crippen LogP contribution in [0.15, 0.2) is 47.1 Å². The molecule has 1 aromatic carbocycles. The van der Waals surface area contributed by atoms with Gasteiger partial charge in [0.15, 0.2) is 0 Å². The van der Waals surface area contributed by atoms with E-state index in [4.69, 9.17) is 5.73 Å². The van der Waals surface area contributed by atoms with E-state index in [0.717, 1.165) is 10.0 Å². The Morgan fingerprint density at radius 2 is 2.05 bits per heavy atom. The number of carbonyl (C=O) groups is 1. The molecule has 0 fully saturated rings. The van der Waals surface area contributed by atoms with Crippen molar-refractivity contribution in [1.82, 2.24) is 10.3 Å². The third-order valence-corrected chi connectivity index (χ3v) is 3.46. The fourth-order valence-electron chi connectivity index (χ4n) is 1.71. The van der Waals surface area contributed by atoms with Crippen molar-refractivity contribution in [2.45, 2.75) is 13.0 Å². The number of hydrogen-bond donors (Lipinski definition) is 2. The lowest BCUT2D eigenvalue weighted by molar-refractivity contribution is 0.0935. The third-order valence-electron chi connectivity index (χ3n) is 2.74. The predicted molar refractivity (Wildman–Crippen MR) is 78.7 cm³/mol. The molecule has 1 atom stereocenters. The first-order valence-electron chi connectivity index (χ1n) is 5.84. The Hall–Kier alpha value is -1.88. The van der Waals surface area contributed by atoms with E-state index in [9.17, 15) is 4.79 Å². The van der Waals surface area contributed by atoms with Gasteiger partial charge in [-0.1, -0.05) is 34.1 Å². The van der Waals surface area contributed by atoms with Crippen molar-refractivity contribution < 1.29 is 4.79 Å². The van der Waals surface area contributed by atoms with Gasteiger partial charge in [-0.25, -0.2) is 4.98 Å². The fraction of sp³-hybridized carbons (Fsp3) is 0.143. The number of halogens is 1. The van der Waals surface area contributed by atoms with E-state index in [1.165, 1.54) is 6.20 Å². The highest BCUT2D eigenvalue weighted by Crippen LogP contribution is 2.22. The molecule has 4 nitrogen and oxygen atoms in total. The topological polar surface area (TPSA) is 68.0 Å². The van der Waals surface area contributed by atoms with Gasteiger partial charge in [0.25, 0.3) is 5.91 Å². The van der Waals surface area contributed by atoms with Gasteiger partial charge in [0.1, 0.15) is 5.69 Å². The van der Waals surface area contributed by atoms with Crippen molar-refractivity contribution in [2.24, 2.45) is 0 Å². The van der Waals surface area contributed by atoms with Crippen LogP contribution in [0.3, 0.4) is 0 Å². The number of anilines is 1. The molecule has 0 spiro atoms. The highest BCUT2D eigenvalue weighted by atomic mass is 79.9. The second-order valence-electron chi connectivity index (χ2n) is 4.19. The number of nitrogens with two attached hydrogens (primary N) is 1. The number of benzene rings is 1. The fourth-order valence-corrected chi connectivity index (χ4v) is 2.34. The van der Waals surface area contributed by atoms with Crippen LogP contribution in [0.25, 0.3) is 0 Å². The van der Waals surface area contributed by atoms with Crippen LogP contribution in [0.5, 0.6) is 0 Å². The lowest BCUT2D eigenvalue weighted by Crippen LogP contribution is -2.27. The van der Waals surface area contributed by atoms with E-state index < -0.39 is 0 Å². The summed E-state index contributed by atoms with van der Waals surface area (Å²) in [5.41, 5.74) is 7.45. The molecular weight excluding hydrogens is 306 g/mol. The molecule has 0 bridgehead atoms. The molecule has 2 aromatic rings. The van der Waals surface area contributed by atoms with Crippen LogP contribution in [-0.2, 0) is 0 Å². The molecular formula is C14H14BrN3O. The van der Waals surface area contributed by atoms with Gasteiger partial charge in [-0.05, 0) is 30.7 Å². The van der Waals surface area contributed by atoms with E-state index >= 15 is 0 Å². The van der Waals surface area contributed by atoms with E-state index in [0.29, 0.717) is 11.4 Å². The Kier molecular flexibility index (Phi) is 4.16. The number of rotatable bonds is 3. The summed E-state index contributed by atoms with van der Waals surface area (Å²) in [5.74, 6) is -0.219. The number of amides is 1. The molecule has 1 heterocycles. The molecule has 0 unspecified atom stereocenters. The molecule has 0 saturated carbocycles. The molecule has 0 aliphatic heterocycles. The maximum atomic E-state index is 12.0. The minimum Gasteiger partial charge on any atom is -0.397 e. The summed E-state index contributed by atoms with van der Waals surface area (Å²) in [6.07, 6.45) is 1.47. The molecule has 19 heavy (non-hydrogen) atoms. The third kappa shape index (κ3) is 3.32. The molecule has 0 aliphatic carbocycles. The number of nitrogens with one attached hydrogen (secondary N) is 1. The van der Waals surface area contributed by atoms with Crippen LogP contribution in [0.2, 0.25) is 0 Å². The van der Waals surface area contributed by atoms with Crippen molar-refractivity contribution in [3.8, 4) is 0 Å². The number of nitrogens with zero attached hydrogens (tertiary/aromatic N) is 1. The van der Waals surface area contributed by atoms with Gasteiger partial charge in [-0.15, -0.1) is 0 Å². The lowest BCUT2D eigenvalue weighted by atomic mass is 10.1. The number of hydrogen-bond acceptors (Lipinski definition) is 3. The second-order valence-corrected chi connectivity index (χ2v) is 5.05. The lowest BCUT2D eigenvalue weighted by Gasteiger charge is -2.15. The summed E-state index contributed by atoms with van der Waals surface area (Å²) in [4.78, 5) is 16.0. The van der Waals surface area contributed by atoms with Crippen LogP contribution in [0, 0.1) is 0 Å². The Labute approximate surface area is 120 Å². The number of aromatic nitrogens is 1. The van der Waals surface area contributed by atoms with Crippen LogP contribution in [-0.4, -0.2) is 10.9 Å². The number of carbonyl (C=O) groups excluding carboxylic acids is 1. The van der Waals surface area contributed by atoms with Crippen LogP contribution < -0.4 is 11.1 Å². The minimum atomic E-state index is -0.219. The minimum absolute atomic E-state index is 0.109. The normalized spacial score (nSPS) is 11.9. The van der Waals surface area contributed by atoms with E-state index in [-0.39, 0.29) is 11.9 Å². The monoisotopic (exact) mass is 319 g/mol. The zero-order chi connectivity index (χ0) is 13.8. The SMILES string of the molecule is C[C@H](NC(=O)c1ccc(N)cn1)c1ccccc1Br. The van der Waals surface area contributed by atoms with Gasteiger partial charge in [0, 0.05) is 4.47 Å². The van der Waals surface area contributed by atoms with E-state index in [1.54, 1.807) is 12.1 Å². The molecule has 98 valence electrons. The molecule has 3 N–H and O–H groups in total. The number of nitrogen functional groups attached to an aromatic ring is 1. The van der Waals surface area contributed by atoms with Gasteiger partial charge in [-0.2, -0.15) is 0 Å². The average molecular weight is 320 g/mol. The van der Waals surface area contributed by atoms with E-state index in [1.807, 2.05) is 31.2 Å². The predicted octanol–water partition coefficient (Wildman–Crippen LogP) is 2.92. The standard InChI is InChI=1S/C14H14BrN3O/c1-9(11-4-2-3-5-12(11)15)18-14(19)13-7-6-10(16)8-17-13/h2-9H,16H2,1H3,(H,18,19)/t9-/m0/s1. The van der Waals surface area contributed by atoms with Gasteiger partial charge in [0.2, 0.25) is 0 Å². The van der Waals surface area contributed by atoms with Crippen molar-refractivity contribution in [3.63, 3.8) is 0 Å². The van der Waals surface area contributed by atoms with Gasteiger partial charge in [0.05, 0.1) is 17.9 Å². The maximum absolute atomic E-state index is 12.0. The summed E-state index contributed by atoms with van der Waals surface area (Å²) in [6.45, 7) is 1.93. The van der Waals surface area contributed by atoms with Gasteiger partial charge < -0.3 is 11.1 Å². The maximum Gasteiger partial charge on any atom is 0.270 e. The Morgan fingerprint density at radius 3 is 2.68 bits per heavy atom. The first-order valence-corrected chi connectivity index (χ1v) is 6.64. The first-order chi connectivity index (χ1) is 9.08. The molecule has 1 amide bonds. The van der Waals surface area contributed by atoms with Crippen LogP contribution in [0.4, 0.5) is 5.69 Å². The molecule has 5 heteroatoms. The van der Waals surface area contributed by atoms with Crippen molar-refractivity contribution in [1.29, 1.82) is 0 Å². The molecule has 0 aliphatic rings. The quantitative estimate of drug-likeness (QED) is 0.914. The Balaban J connectivity index is 2.11. The highest BCUT2D eigenvalue weighted by Gasteiger charge is 2.14. The summed E-state index contributed by atoms with van der Waals surface area (Å²) < 4.78 is 0.966. The summed E-state index contributed by atoms with van der Waals surface area (Å²) >= 11 is 3.47. The molecule has 0 saturated heterocycles. The van der Waals surface area contributed by atoms with Gasteiger partial charge in [-0.3, -0.25) is 4.79 Å². The first kappa shape index (κ1) is 13.5. The largest absolute Gasteiger partial charge is 0.397 e.